The van der Waals surface area contributed by atoms with Crippen LogP contribution in [0.15, 0.2) is 58.8 Å². The van der Waals surface area contributed by atoms with Crippen LogP contribution in [0.5, 0.6) is 0 Å². The zero-order valence-corrected chi connectivity index (χ0v) is 18.7. The van der Waals surface area contributed by atoms with Crippen molar-refractivity contribution in [3.05, 3.63) is 81.0 Å². The molecule has 1 aliphatic carbocycles. The van der Waals surface area contributed by atoms with Crippen molar-refractivity contribution in [1.29, 1.82) is 0 Å². The quantitative estimate of drug-likeness (QED) is 0.388. The van der Waals surface area contributed by atoms with Gasteiger partial charge < -0.3 is 4.74 Å². The maximum Gasteiger partial charge on any atom is 0.155 e. The summed E-state index contributed by atoms with van der Waals surface area (Å²) in [5, 5.41) is 0. The van der Waals surface area contributed by atoms with Crippen LogP contribution in [-0.4, -0.2) is 12.9 Å². The predicted molar refractivity (Wildman–Crippen MR) is 118 cm³/mol. The first-order chi connectivity index (χ1) is 12.8. The van der Waals surface area contributed by atoms with Gasteiger partial charge >= 0.3 is 0 Å². The molecular weight excluding hydrogens is 400 g/mol. The van der Waals surface area contributed by atoms with Gasteiger partial charge in [-0.05, 0) is 82.2 Å². The van der Waals surface area contributed by atoms with Crippen molar-refractivity contribution in [1.82, 2.24) is 0 Å². The molecule has 0 N–H and O–H groups in total. The highest BCUT2D eigenvalue weighted by molar-refractivity contribution is 9.10. The molecule has 0 amide bonds. The molecule has 2 aromatic rings. The van der Waals surface area contributed by atoms with Crippen LogP contribution < -0.4 is 0 Å². The van der Waals surface area contributed by atoms with E-state index in [1.54, 1.807) is 18.1 Å². The molecular formula is C24H31BrO2. The Bertz CT molecular complexity index is 748. The number of ether oxygens (including phenoxy) is 1. The monoisotopic (exact) mass is 430 g/mol. The molecule has 0 saturated heterocycles. The highest BCUT2D eigenvalue weighted by atomic mass is 79.9. The molecule has 1 aliphatic rings. The van der Waals surface area contributed by atoms with Gasteiger partial charge in [0.25, 0.3) is 0 Å². The Labute approximate surface area is 172 Å². The number of halogens is 1. The van der Waals surface area contributed by atoms with Crippen LogP contribution in [0.2, 0.25) is 0 Å². The summed E-state index contributed by atoms with van der Waals surface area (Å²) in [6.07, 6.45) is 6.83. The lowest BCUT2D eigenvalue weighted by molar-refractivity contribution is -0.112. The summed E-state index contributed by atoms with van der Waals surface area (Å²) in [4.78, 5) is 10.3. The minimum absolute atomic E-state index is 0.0179. The van der Waals surface area contributed by atoms with E-state index < -0.39 is 0 Å². The van der Waals surface area contributed by atoms with E-state index >= 15 is 0 Å². The third-order valence-corrected chi connectivity index (χ3v) is 4.82. The zero-order chi connectivity index (χ0) is 20.2. The largest absolute Gasteiger partial charge is 0.501 e. The van der Waals surface area contributed by atoms with Gasteiger partial charge in [0.15, 0.2) is 5.78 Å². The van der Waals surface area contributed by atoms with Crippen molar-refractivity contribution < 1.29 is 9.53 Å². The van der Waals surface area contributed by atoms with Crippen LogP contribution in [0.4, 0.5) is 0 Å². The number of benzene rings is 2. The van der Waals surface area contributed by atoms with Crippen molar-refractivity contribution in [2.45, 2.75) is 53.4 Å². The average molecular weight is 431 g/mol. The molecule has 0 radical (unpaired) electrons. The van der Waals surface area contributed by atoms with E-state index in [2.05, 4.69) is 41.9 Å². The number of hydrogen-bond acceptors (Lipinski definition) is 2. The maximum atomic E-state index is 10.3. The second-order valence-electron chi connectivity index (χ2n) is 6.79. The fourth-order valence-corrected chi connectivity index (χ4v) is 3.35. The maximum absolute atomic E-state index is 10.3. The Kier molecular flexibility index (Phi) is 10.7. The molecule has 0 bridgehead atoms. The minimum atomic E-state index is 0.0179. The molecule has 0 fully saturated rings. The summed E-state index contributed by atoms with van der Waals surface area (Å²) in [5.41, 5.74) is 6.17. The first kappa shape index (κ1) is 23.2. The summed E-state index contributed by atoms with van der Waals surface area (Å²) in [6, 6.07) is 14.6. The van der Waals surface area contributed by atoms with Crippen molar-refractivity contribution >= 4 is 21.7 Å². The Hall–Kier alpha value is -1.87. The number of methoxy groups -OCH3 is 1. The highest BCUT2D eigenvalue weighted by Gasteiger charge is 2.10. The SMILES string of the molecule is Brc1ccccc1.CO/C(C)=C\C(C)=O.Cc1cc(C)c2c(c1)CCCC2. The summed E-state index contributed by atoms with van der Waals surface area (Å²) in [5.74, 6) is 0.668. The second kappa shape index (κ2) is 12.5. The molecule has 0 heterocycles. The van der Waals surface area contributed by atoms with Gasteiger partial charge in [0.1, 0.15) is 0 Å². The number of rotatable bonds is 2. The van der Waals surface area contributed by atoms with Crippen molar-refractivity contribution in [3.63, 3.8) is 0 Å². The molecule has 27 heavy (non-hydrogen) atoms. The van der Waals surface area contributed by atoms with E-state index in [0.717, 1.165) is 4.47 Å². The number of hydrogen-bond donors (Lipinski definition) is 0. The van der Waals surface area contributed by atoms with E-state index in [4.69, 9.17) is 4.74 Å². The Morgan fingerprint density at radius 1 is 1.04 bits per heavy atom. The topological polar surface area (TPSA) is 26.3 Å². The van der Waals surface area contributed by atoms with E-state index in [0.29, 0.717) is 5.76 Å². The number of carbonyl (C=O) groups is 1. The zero-order valence-electron chi connectivity index (χ0n) is 17.1. The van der Waals surface area contributed by atoms with Gasteiger partial charge in [-0.15, -0.1) is 0 Å². The van der Waals surface area contributed by atoms with Gasteiger partial charge in [0.2, 0.25) is 0 Å². The summed E-state index contributed by atoms with van der Waals surface area (Å²) < 4.78 is 5.84. The lowest BCUT2D eigenvalue weighted by atomic mass is 9.87. The summed E-state index contributed by atoms with van der Waals surface area (Å²) in [7, 11) is 1.54. The molecule has 3 rings (SSSR count). The van der Waals surface area contributed by atoms with E-state index in [-0.39, 0.29) is 5.78 Å². The van der Waals surface area contributed by atoms with Gasteiger partial charge in [-0.3, -0.25) is 4.79 Å². The lowest BCUT2D eigenvalue weighted by Crippen LogP contribution is -2.04. The van der Waals surface area contributed by atoms with Crippen LogP contribution in [0.1, 0.15) is 48.9 Å². The smallest absolute Gasteiger partial charge is 0.155 e. The first-order valence-electron chi connectivity index (χ1n) is 9.36. The fraction of sp³-hybridized carbons (Fsp3) is 0.375. The third-order valence-electron chi connectivity index (χ3n) is 4.29. The number of ketones is 1. The number of fused-ring (bicyclic) bond motifs is 1. The second-order valence-corrected chi connectivity index (χ2v) is 7.71. The lowest BCUT2D eigenvalue weighted by Gasteiger charge is -2.18. The van der Waals surface area contributed by atoms with Gasteiger partial charge in [0, 0.05) is 10.5 Å². The molecule has 0 aliphatic heterocycles. The Morgan fingerprint density at radius 3 is 2.15 bits per heavy atom. The van der Waals surface area contributed by atoms with Gasteiger partial charge in [0.05, 0.1) is 12.9 Å². The molecule has 2 nitrogen and oxygen atoms in total. The standard InChI is InChI=1S/C12H16.C6H5Br.C6H10O2/c1-9-7-10(2)12-6-4-3-5-11(12)8-9;7-6-4-2-1-3-5-6;1-5(7)4-6(2)8-3/h7-8H,3-6H2,1-2H3;1-5H;4H,1-3H3/b;;6-4-. The van der Waals surface area contributed by atoms with Crippen molar-refractivity contribution in [2.24, 2.45) is 0 Å². The number of allylic oxidation sites excluding steroid dienone is 2. The van der Waals surface area contributed by atoms with E-state index in [1.807, 2.05) is 30.3 Å². The number of aryl methyl sites for hydroxylation is 3. The van der Waals surface area contributed by atoms with Gasteiger partial charge in [-0.25, -0.2) is 0 Å². The van der Waals surface area contributed by atoms with Gasteiger partial charge in [-0.2, -0.15) is 0 Å². The molecule has 2 aromatic carbocycles. The predicted octanol–water partition coefficient (Wildman–Crippen LogP) is 6.76. The van der Waals surface area contributed by atoms with Crippen molar-refractivity contribution in [2.75, 3.05) is 7.11 Å². The summed E-state index contributed by atoms with van der Waals surface area (Å²) in [6.45, 7) is 7.67. The van der Waals surface area contributed by atoms with Crippen LogP contribution >= 0.6 is 15.9 Å². The van der Waals surface area contributed by atoms with E-state index in [1.165, 1.54) is 56.9 Å². The molecule has 0 saturated carbocycles. The normalized spacial score (nSPS) is 12.6. The Morgan fingerprint density at radius 2 is 1.67 bits per heavy atom. The Balaban J connectivity index is 0.000000214. The van der Waals surface area contributed by atoms with Gasteiger partial charge in [-0.1, -0.05) is 51.8 Å². The first-order valence-corrected chi connectivity index (χ1v) is 10.1. The average Bonchev–Trinajstić information content (AvgIpc) is 2.63. The van der Waals surface area contributed by atoms with Crippen LogP contribution in [0.3, 0.4) is 0 Å². The third kappa shape index (κ3) is 9.58. The fourth-order valence-electron chi connectivity index (χ4n) is 3.04. The highest BCUT2D eigenvalue weighted by Crippen LogP contribution is 2.25. The molecule has 0 atom stereocenters. The van der Waals surface area contributed by atoms with Crippen LogP contribution in [0.25, 0.3) is 0 Å². The van der Waals surface area contributed by atoms with E-state index in [9.17, 15) is 4.79 Å². The van der Waals surface area contributed by atoms with Crippen LogP contribution in [-0.2, 0) is 22.4 Å². The minimum Gasteiger partial charge on any atom is -0.501 e. The molecule has 0 spiro atoms. The number of carbonyl (C=O) groups excluding carboxylic acids is 1. The summed E-state index contributed by atoms with van der Waals surface area (Å²) >= 11 is 3.31. The van der Waals surface area contributed by atoms with Crippen molar-refractivity contribution in [3.8, 4) is 0 Å². The van der Waals surface area contributed by atoms with Crippen LogP contribution in [0, 0.1) is 13.8 Å². The molecule has 0 unspecified atom stereocenters. The molecule has 0 aromatic heterocycles. The molecule has 3 heteroatoms. The molecule has 146 valence electrons.